The average Bonchev–Trinajstić information content (AvgIpc) is 3.03. The summed E-state index contributed by atoms with van der Waals surface area (Å²) in [6.45, 7) is 0.160. The van der Waals surface area contributed by atoms with Crippen LogP contribution in [-0.4, -0.2) is 28.4 Å². The number of alkyl halides is 1. The molecule has 3 heterocycles. The summed E-state index contributed by atoms with van der Waals surface area (Å²) in [5.41, 5.74) is -1.12. The van der Waals surface area contributed by atoms with Crippen LogP contribution >= 0.6 is 8.60 Å². The molecule has 1 aromatic carbocycles. The van der Waals surface area contributed by atoms with Gasteiger partial charge in [0.2, 0.25) is 5.82 Å². The third-order valence-corrected chi connectivity index (χ3v) is 5.26. The summed E-state index contributed by atoms with van der Waals surface area (Å²) >= 11 is 0. The molecule has 1 aromatic heterocycles. The topological polar surface area (TPSA) is 91.8 Å². The van der Waals surface area contributed by atoms with E-state index >= 15 is 0 Å². The van der Waals surface area contributed by atoms with E-state index in [2.05, 4.69) is 0 Å². The Kier molecular flexibility index (Phi) is 5.05. The van der Waals surface area contributed by atoms with E-state index in [0.717, 1.165) is 10.1 Å². The Morgan fingerprint density at radius 1 is 1.33 bits per heavy atom. The normalized spacial score (nSPS) is 27.2. The largest absolute Gasteiger partial charge is 0.426 e. The third kappa shape index (κ3) is 3.79. The molecule has 4 atom stereocenters. The lowest BCUT2D eigenvalue weighted by atomic mass is 10.2. The summed E-state index contributed by atoms with van der Waals surface area (Å²) in [5, 5.41) is 0. The maximum atomic E-state index is 14.3. The van der Waals surface area contributed by atoms with Crippen molar-refractivity contribution in [3.63, 3.8) is 0 Å². The van der Waals surface area contributed by atoms with Crippen LogP contribution in [0.5, 0.6) is 5.75 Å². The molecule has 2 aliphatic heterocycles. The molecule has 144 valence electrons. The fraction of sp³-hybridized carbons (Fsp3) is 0.375. The number of hydrogen-bond donors (Lipinski definition) is 1. The fourth-order valence-corrected chi connectivity index (χ4v) is 3.86. The number of halogens is 2. The van der Waals surface area contributed by atoms with Crippen molar-refractivity contribution < 1.29 is 27.1 Å². The van der Waals surface area contributed by atoms with Crippen LogP contribution in [0.3, 0.4) is 0 Å². The second-order valence-electron chi connectivity index (χ2n) is 6.02. The molecule has 0 spiro atoms. The number of para-hydroxylation sites is 1. The number of aromatic amines is 1. The number of rotatable bonds is 4. The molecule has 1 saturated heterocycles. The van der Waals surface area contributed by atoms with Crippen molar-refractivity contribution in [2.45, 2.75) is 31.5 Å². The summed E-state index contributed by atoms with van der Waals surface area (Å²) in [6, 6.07) is 7.34. The van der Waals surface area contributed by atoms with Crippen molar-refractivity contribution in [2.75, 3.05) is 6.61 Å². The van der Waals surface area contributed by atoms with Crippen LogP contribution in [0.15, 0.2) is 40.1 Å². The number of H-pyrrole nitrogens is 1. The van der Waals surface area contributed by atoms with E-state index in [0.29, 0.717) is 18.6 Å². The number of hydrogen-bond acceptors (Lipinski definition) is 6. The molecule has 2 aromatic rings. The Hall–Kier alpha value is -2.13. The van der Waals surface area contributed by atoms with Gasteiger partial charge in [-0.15, -0.1) is 0 Å². The summed E-state index contributed by atoms with van der Waals surface area (Å²) in [6.07, 6.45) is -2.94. The van der Waals surface area contributed by atoms with E-state index in [1.807, 2.05) is 23.2 Å². The van der Waals surface area contributed by atoms with Crippen LogP contribution in [0, 0.1) is 5.82 Å². The minimum atomic E-state index is -1.70. The van der Waals surface area contributed by atoms with Gasteiger partial charge in [0.25, 0.3) is 5.56 Å². The summed E-state index contributed by atoms with van der Waals surface area (Å²) in [4.78, 5) is 24.7. The Balaban J connectivity index is 1.38. The average molecular weight is 400 g/mol. The number of nitrogens with one attached hydrogen (secondary N) is 1. The number of fused-ring (bicyclic) bond motifs is 1. The molecule has 11 heteroatoms. The van der Waals surface area contributed by atoms with Crippen LogP contribution in [0.1, 0.15) is 18.2 Å². The van der Waals surface area contributed by atoms with Gasteiger partial charge in [-0.3, -0.25) is 23.4 Å². The zero-order valence-corrected chi connectivity index (χ0v) is 14.7. The van der Waals surface area contributed by atoms with Gasteiger partial charge in [0, 0.05) is 12.0 Å². The van der Waals surface area contributed by atoms with Crippen molar-refractivity contribution in [2.24, 2.45) is 0 Å². The molecular formula is C16H15F2N2O6P. The van der Waals surface area contributed by atoms with Gasteiger partial charge >= 0.3 is 14.3 Å². The smallest absolute Gasteiger partial charge is 0.397 e. The minimum Gasteiger partial charge on any atom is -0.426 e. The fourth-order valence-electron chi connectivity index (χ4n) is 2.82. The Bertz CT molecular complexity index is 951. The van der Waals surface area contributed by atoms with Crippen LogP contribution < -0.4 is 15.8 Å². The molecule has 27 heavy (non-hydrogen) atoms. The second-order valence-corrected chi connectivity index (χ2v) is 7.16. The molecule has 4 rings (SSSR count). The van der Waals surface area contributed by atoms with E-state index in [4.69, 9.17) is 18.3 Å². The van der Waals surface area contributed by atoms with Gasteiger partial charge in [0.1, 0.15) is 24.3 Å². The molecule has 8 nitrogen and oxygen atoms in total. The summed E-state index contributed by atoms with van der Waals surface area (Å²) in [7, 11) is -1.70. The highest BCUT2D eigenvalue weighted by Crippen LogP contribution is 2.47. The predicted octanol–water partition coefficient (Wildman–Crippen LogP) is 2.15. The van der Waals surface area contributed by atoms with E-state index in [9.17, 15) is 18.4 Å². The quantitative estimate of drug-likeness (QED) is 0.791. The molecule has 0 bridgehead atoms. The van der Waals surface area contributed by atoms with Crippen molar-refractivity contribution in [3.8, 4) is 5.75 Å². The first-order valence-electron chi connectivity index (χ1n) is 8.13. The molecule has 0 saturated carbocycles. The van der Waals surface area contributed by atoms with Crippen molar-refractivity contribution >= 4 is 8.60 Å². The molecular weight excluding hydrogens is 385 g/mol. The van der Waals surface area contributed by atoms with Crippen LogP contribution in [0.4, 0.5) is 8.78 Å². The lowest BCUT2D eigenvalue weighted by Gasteiger charge is -2.24. The van der Waals surface area contributed by atoms with E-state index in [-0.39, 0.29) is 13.0 Å². The van der Waals surface area contributed by atoms with Gasteiger partial charge in [0.15, 0.2) is 0 Å². The maximum absolute atomic E-state index is 14.3. The highest BCUT2D eigenvalue weighted by atomic mass is 31.2. The first kappa shape index (κ1) is 18.2. The van der Waals surface area contributed by atoms with Crippen LogP contribution in [-0.2, 0) is 20.4 Å². The number of nitrogens with zero attached hydrogens (tertiary/aromatic N) is 1. The number of aromatic nitrogens is 2. The molecule has 1 N–H and O–H groups in total. The predicted molar refractivity (Wildman–Crippen MR) is 89.4 cm³/mol. The van der Waals surface area contributed by atoms with Crippen molar-refractivity contribution in [1.82, 2.24) is 9.55 Å². The second kappa shape index (κ2) is 7.47. The minimum absolute atomic E-state index is 0.161. The van der Waals surface area contributed by atoms with Gasteiger partial charge in [-0.1, -0.05) is 18.2 Å². The number of ether oxygens (including phenoxy) is 1. The standard InChI is InChI=1S/C16H15F2N2O6P/c17-10-5-14(20-6-11(18)15(21)19-16(20)22)25-13(10)8-24-27-23-7-9-3-1-2-4-12(9)26-27/h1-4,6,10,13-14H,5,7-8H2,(H,19,21,22). The van der Waals surface area contributed by atoms with Gasteiger partial charge in [-0.25, -0.2) is 9.18 Å². The van der Waals surface area contributed by atoms with Gasteiger partial charge in [-0.05, 0) is 6.07 Å². The van der Waals surface area contributed by atoms with Crippen LogP contribution in [0.2, 0.25) is 0 Å². The first-order valence-corrected chi connectivity index (χ1v) is 9.23. The maximum Gasteiger partial charge on any atom is 0.397 e. The summed E-state index contributed by atoms with van der Waals surface area (Å²) < 4.78 is 50.5. The lowest BCUT2D eigenvalue weighted by Crippen LogP contribution is -2.34. The molecule has 1 fully saturated rings. The van der Waals surface area contributed by atoms with Gasteiger partial charge in [0.05, 0.1) is 19.4 Å². The molecule has 0 radical (unpaired) electrons. The SMILES string of the molecule is O=c1[nH]c(=O)n(C2CC(F)C(COP3OCc4ccccc4O3)O2)cc1F. The Morgan fingerprint density at radius 3 is 3.00 bits per heavy atom. The lowest BCUT2D eigenvalue weighted by molar-refractivity contribution is -0.0339. The Morgan fingerprint density at radius 2 is 2.15 bits per heavy atom. The molecule has 4 unspecified atom stereocenters. The van der Waals surface area contributed by atoms with E-state index < -0.39 is 44.2 Å². The van der Waals surface area contributed by atoms with E-state index in [1.54, 1.807) is 6.07 Å². The Labute approximate surface area is 152 Å². The summed E-state index contributed by atoms with van der Waals surface area (Å²) in [5.74, 6) is -0.508. The zero-order valence-electron chi connectivity index (χ0n) is 13.8. The molecule has 0 aliphatic carbocycles. The van der Waals surface area contributed by atoms with Crippen LogP contribution in [0.25, 0.3) is 0 Å². The van der Waals surface area contributed by atoms with E-state index in [1.165, 1.54) is 0 Å². The highest BCUT2D eigenvalue weighted by molar-refractivity contribution is 7.42. The zero-order chi connectivity index (χ0) is 19.0. The van der Waals surface area contributed by atoms with Crippen molar-refractivity contribution in [3.05, 3.63) is 62.7 Å². The van der Waals surface area contributed by atoms with Crippen molar-refractivity contribution in [1.29, 1.82) is 0 Å². The third-order valence-electron chi connectivity index (χ3n) is 4.21. The van der Waals surface area contributed by atoms with Gasteiger partial charge < -0.3 is 9.26 Å². The first-order chi connectivity index (χ1) is 13.0. The molecule has 0 amide bonds. The monoisotopic (exact) mass is 400 g/mol. The molecule has 2 aliphatic rings. The highest BCUT2D eigenvalue weighted by Gasteiger charge is 2.38. The number of benzene rings is 1. The van der Waals surface area contributed by atoms with Gasteiger partial charge in [-0.2, -0.15) is 4.39 Å².